The van der Waals surface area contributed by atoms with E-state index in [2.05, 4.69) is 14.3 Å². The number of methoxy groups -OCH3 is 1. The Labute approximate surface area is 97.4 Å². The third-order valence-electron chi connectivity index (χ3n) is 2.07. The van der Waals surface area contributed by atoms with Crippen LogP contribution in [0.2, 0.25) is 0 Å². The van der Waals surface area contributed by atoms with Crippen molar-refractivity contribution in [1.82, 2.24) is 14.5 Å². The zero-order valence-electron chi connectivity index (χ0n) is 9.34. The Balaban J connectivity index is 2.56. The first kappa shape index (κ1) is 12.6. The molecule has 0 aliphatic rings. The van der Waals surface area contributed by atoms with E-state index < -0.39 is 0 Å². The molecule has 0 aliphatic carbocycles. The average molecular weight is 243 g/mol. The number of esters is 1. The minimum atomic E-state index is -0.347. The summed E-state index contributed by atoms with van der Waals surface area (Å²) in [5.74, 6) is -0.868. The van der Waals surface area contributed by atoms with Gasteiger partial charge in [-0.05, 0) is 11.5 Å². The minimum absolute atomic E-state index is 0.189. The molecule has 88 valence electrons. The molecule has 0 aromatic carbocycles. The fourth-order valence-electron chi connectivity index (χ4n) is 1.22. The molecule has 1 heterocycles. The second kappa shape index (κ2) is 5.55. The van der Waals surface area contributed by atoms with Crippen molar-refractivity contribution in [3.05, 3.63) is 11.1 Å². The third kappa shape index (κ3) is 2.99. The summed E-state index contributed by atoms with van der Waals surface area (Å²) in [6.07, 6.45) is 1.41. The van der Waals surface area contributed by atoms with Crippen LogP contribution in [0.25, 0.3) is 0 Å². The zero-order chi connectivity index (χ0) is 12.1. The lowest BCUT2D eigenvalue weighted by Gasteiger charge is -2.19. The van der Waals surface area contributed by atoms with E-state index in [1.807, 2.05) is 0 Å². The van der Waals surface area contributed by atoms with Crippen molar-refractivity contribution in [2.75, 3.05) is 20.7 Å². The summed E-state index contributed by atoms with van der Waals surface area (Å²) in [4.78, 5) is 24.8. The number of hydrogen-bond donors (Lipinski definition) is 0. The van der Waals surface area contributed by atoms with Crippen LogP contribution in [0.15, 0.2) is 6.20 Å². The SMILES string of the molecule is COC(=O)C(C)CN(C)C(=O)c1cnns1. The van der Waals surface area contributed by atoms with Gasteiger partial charge in [-0.15, -0.1) is 5.10 Å². The molecule has 1 unspecified atom stereocenters. The van der Waals surface area contributed by atoms with Gasteiger partial charge in [0.05, 0.1) is 19.2 Å². The van der Waals surface area contributed by atoms with Crippen molar-refractivity contribution in [2.45, 2.75) is 6.92 Å². The molecule has 1 aromatic heterocycles. The van der Waals surface area contributed by atoms with Gasteiger partial charge >= 0.3 is 5.97 Å². The van der Waals surface area contributed by atoms with Crippen molar-refractivity contribution >= 4 is 23.4 Å². The number of amides is 1. The van der Waals surface area contributed by atoms with E-state index in [0.717, 1.165) is 11.5 Å². The quantitative estimate of drug-likeness (QED) is 0.717. The van der Waals surface area contributed by atoms with E-state index in [0.29, 0.717) is 11.4 Å². The standard InChI is InChI=1S/C9H13N3O3S/c1-6(9(14)15-3)5-12(2)8(13)7-4-10-11-16-7/h4,6H,5H2,1-3H3. The highest BCUT2D eigenvalue weighted by Crippen LogP contribution is 2.08. The van der Waals surface area contributed by atoms with E-state index >= 15 is 0 Å². The summed E-state index contributed by atoms with van der Waals surface area (Å²) in [5.41, 5.74) is 0. The molecule has 0 N–H and O–H groups in total. The fraction of sp³-hybridized carbons (Fsp3) is 0.556. The van der Waals surface area contributed by atoms with Crippen molar-refractivity contribution in [2.24, 2.45) is 5.92 Å². The summed E-state index contributed by atoms with van der Waals surface area (Å²) >= 11 is 1.03. The predicted molar refractivity (Wildman–Crippen MR) is 58.0 cm³/mol. The van der Waals surface area contributed by atoms with Gasteiger partial charge in [-0.3, -0.25) is 9.59 Å². The molecular weight excluding hydrogens is 230 g/mol. The Bertz CT molecular complexity index is 366. The maximum atomic E-state index is 11.8. The highest BCUT2D eigenvalue weighted by Gasteiger charge is 2.20. The van der Waals surface area contributed by atoms with Crippen molar-refractivity contribution < 1.29 is 14.3 Å². The summed E-state index contributed by atoms with van der Waals surface area (Å²) in [6, 6.07) is 0. The highest BCUT2D eigenvalue weighted by atomic mass is 32.1. The molecule has 0 radical (unpaired) electrons. The second-order valence-corrected chi connectivity index (χ2v) is 4.18. The first-order chi connectivity index (χ1) is 7.56. The van der Waals surface area contributed by atoms with Gasteiger partial charge in [-0.2, -0.15) is 0 Å². The Hall–Kier alpha value is -1.50. The van der Waals surface area contributed by atoms with Crippen LogP contribution in [0.3, 0.4) is 0 Å². The lowest BCUT2D eigenvalue weighted by atomic mass is 10.2. The predicted octanol–water partition coefficient (Wildman–Crippen LogP) is 0.419. The first-order valence-electron chi connectivity index (χ1n) is 4.67. The summed E-state index contributed by atoms with van der Waals surface area (Å²) < 4.78 is 8.19. The minimum Gasteiger partial charge on any atom is -0.469 e. The Morgan fingerprint density at radius 1 is 1.62 bits per heavy atom. The Kier molecular flexibility index (Phi) is 4.36. The normalized spacial score (nSPS) is 11.9. The van der Waals surface area contributed by atoms with Crippen molar-refractivity contribution in [1.29, 1.82) is 0 Å². The van der Waals surface area contributed by atoms with Crippen LogP contribution in [-0.4, -0.2) is 47.1 Å². The second-order valence-electron chi connectivity index (χ2n) is 3.39. The number of carbonyl (C=O) groups excluding carboxylic acids is 2. The lowest BCUT2D eigenvalue weighted by Crippen LogP contribution is -2.33. The van der Waals surface area contributed by atoms with Gasteiger partial charge in [0.2, 0.25) is 0 Å². The number of aromatic nitrogens is 2. The average Bonchev–Trinajstić information content (AvgIpc) is 2.79. The summed E-state index contributed by atoms with van der Waals surface area (Å²) in [5, 5.41) is 3.59. The Morgan fingerprint density at radius 2 is 2.31 bits per heavy atom. The van der Waals surface area contributed by atoms with Gasteiger partial charge < -0.3 is 9.64 Å². The van der Waals surface area contributed by atoms with E-state index in [9.17, 15) is 9.59 Å². The van der Waals surface area contributed by atoms with Crippen LogP contribution in [0, 0.1) is 5.92 Å². The molecule has 16 heavy (non-hydrogen) atoms. The molecule has 1 amide bonds. The van der Waals surface area contributed by atoms with Gasteiger partial charge in [0, 0.05) is 13.6 Å². The van der Waals surface area contributed by atoms with E-state index in [-0.39, 0.29) is 17.8 Å². The molecule has 0 spiro atoms. The highest BCUT2D eigenvalue weighted by molar-refractivity contribution is 7.07. The topological polar surface area (TPSA) is 72.4 Å². The van der Waals surface area contributed by atoms with Gasteiger partial charge in [0.1, 0.15) is 4.88 Å². The number of carbonyl (C=O) groups is 2. The maximum Gasteiger partial charge on any atom is 0.310 e. The van der Waals surface area contributed by atoms with E-state index in [1.165, 1.54) is 18.2 Å². The van der Waals surface area contributed by atoms with Gasteiger partial charge in [0.25, 0.3) is 5.91 Å². The van der Waals surface area contributed by atoms with Crippen LogP contribution in [-0.2, 0) is 9.53 Å². The molecule has 1 aromatic rings. The lowest BCUT2D eigenvalue weighted by molar-refractivity contribution is -0.145. The van der Waals surface area contributed by atoms with Gasteiger partial charge in [0.15, 0.2) is 0 Å². The molecule has 0 saturated carbocycles. The van der Waals surface area contributed by atoms with Crippen LogP contribution >= 0.6 is 11.5 Å². The van der Waals surface area contributed by atoms with E-state index in [4.69, 9.17) is 0 Å². The summed E-state index contributed by atoms with van der Waals surface area (Å²) in [7, 11) is 2.95. The third-order valence-corrected chi connectivity index (χ3v) is 2.72. The molecular formula is C9H13N3O3S. The fourth-order valence-corrected chi connectivity index (χ4v) is 1.73. The largest absolute Gasteiger partial charge is 0.469 e. The number of ether oxygens (including phenoxy) is 1. The molecule has 7 heteroatoms. The monoisotopic (exact) mass is 243 g/mol. The summed E-state index contributed by atoms with van der Waals surface area (Å²) in [6.45, 7) is 2.02. The molecule has 0 aliphatic heterocycles. The van der Waals surface area contributed by atoms with Crippen molar-refractivity contribution in [3.63, 3.8) is 0 Å². The van der Waals surface area contributed by atoms with Crippen LogP contribution in [0.4, 0.5) is 0 Å². The molecule has 0 saturated heterocycles. The van der Waals surface area contributed by atoms with Gasteiger partial charge in [-0.1, -0.05) is 11.4 Å². The van der Waals surface area contributed by atoms with E-state index in [1.54, 1.807) is 14.0 Å². The first-order valence-corrected chi connectivity index (χ1v) is 5.44. The Morgan fingerprint density at radius 3 is 2.81 bits per heavy atom. The molecule has 1 atom stereocenters. The maximum absolute atomic E-state index is 11.8. The zero-order valence-corrected chi connectivity index (χ0v) is 10.2. The molecule has 1 rings (SSSR count). The number of hydrogen-bond acceptors (Lipinski definition) is 6. The smallest absolute Gasteiger partial charge is 0.310 e. The number of rotatable bonds is 4. The van der Waals surface area contributed by atoms with Crippen molar-refractivity contribution in [3.8, 4) is 0 Å². The van der Waals surface area contributed by atoms with Crippen LogP contribution < -0.4 is 0 Å². The molecule has 6 nitrogen and oxygen atoms in total. The molecule has 0 bridgehead atoms. The molecule has 0 fully saturated rings. The van der Waals surface area contributed by atoms with Crippen LogP contribution in [0.5, 0.6) is 0 Å². The van der Waals surface area contributed by atoms with Gasteiger partial charge in [-0.25, -0.2) is 0 Å². The number of nitrogens with zero attached hydrogens (tertiary/aromatic N) is 3. The van der Waals surface area contributed by atoms with Crippen LogP contribution in [0.1, 0.15) is 16.6 Å².